The maximum absolute atomic E-state index is 12.8. The van der Waals surface area contributed by atoms with E-state index in [4.69, 9.17) is 4.74 Å². The molecule has 0 aliphatic carbocycles. The molecule has 0 aliphatic heterocycles. The van der Waals surface area contributed by atoms with Crippen LogP contribution in [0.2, 0.25) is 0 Å². The van der Waals surface area contributed by atoms with Gasteiger partial charge in [0.1, 0.15) is 24.3 Å². The smallest absolute Gasteiger partial charge is 0.123 e. The molecule has 3 rings (SSSR count). The van der Waals surface area contributed by atoms with Gasteiger partial charge in [0.05, 0.1) is 0 Å². The third kappa shape index (κ3) is 3.20. The maximum Gasteiger partial charge on any atom is 0.123 e. The first kappa shape index (κ1) is 13.6. The van der Waals surface area contributed by atoms with Crippen LogP contribution in [0.15, 0.2) is 66.7 Å². The fraction of sp³-hybridized carbons (Fsp3) is 0.111. The fourth-order valence-electron chi connectivity index (χ4n) is 2.22. The van der Waals surface area contributed by atoms with Crippen molar-refractivity contribution in [2.24, 2.45) is 0 Å². The maximum atomic E-state index is 12.8. The summed E-state index contributed by atoms with van der Waals surface area (Å²) in [5.41, 5.74) is 0.802. The Balaban J connectivity index is 1.71. The predicted molar refractivity (Wildman–Crippen MR) is 80.8 cm³/mol. The van der Waals surface area contributed by atoms with Crippen molar-refractivity contribution in [1.82, 2.24) is 0 Å². The number of aliphatic hydroxyl groups is 1. The van der Waals surface area contributed by atoms with Crippen LogP contribution in [0, 0.1) is 5.82 Å². The van der Waals surface area contributed by atoms with Crippen LogP contribution in [0.5, 0.6) is 5.75 Å². The molecule has 3 aromatic rings. The number of hydrogen-bond acceptors (Lipinski definition) is 2. The number of rotatable bonds is 4. The summed E-state index contributed by atoms with van der Waals surface area (Å²) in [5, 5.41) is 12.4. The molecule has 1 unspecified atom stereocenters. The minimum atomic E-state index is -0.723. The van der Waals surface area contributed by atoms with E-state index in [1.54, 1.807) is 12.1 Å². The Morgan fingerprint density at radius 1 is 0.905 bits per heavy atom. The van der Waals surface area contributed by atoms with Crippen molar-refractivity contribution in [3.05, 3.63) is 78.1 Å². The molecule has 21 heavy (non-hydrogen) atoms. The molecule has 3 aromatic carbocycles. The first-order chi connectivity index (χ1) is 10.2. The SMILES string of the molecule is OC(COc1ccc(F)cc1)c1ccc2ccccc2c1. The van der Waals surface area contributed by atoms with E-state index in [2.05, 4.69) is 0 Å². The van der Waals surface area contributed by atoms with Crippen LogP contribution in [-0.2, 0) is 0 Å². The zero-order chi connectivity index (χ0) is 14.7. The van der Waals surface area contributed by atoms with Gasteiger partial charge in [-0.05, 0) is 46.7 Å². The average molecular weight is 282 g/mol. The molecule has 106 valence electrons. The van der Waals surface area contributed by atoms with E-state index >= 15 is 0 Å². The van der Waals surface area contributed by atoms with Gasteiger partial charge in [0.25, 0.3) is 0 Å². The van der Waals surface area contributed by atoms with Gasteiger partial charge in [-0.3, -0.25) is 0 Å². The van der Waals surface area contributed by atoms with Crippen LogP contribution in [0.3, 0.4) is 0 Å². The fourth-order valence-corrected chi connectivity index (χ4v) is 2.22. The molecule has 0 bridgehead atoms. The second kappa shape index (κ2) is 5.94. The Kier molecular flexibility index (Phi) is 3.84. The zero-order valence-electron chi connectivity index (χ0n) is 11.4. The van der Waals surface area contributed by atoms with E-state index in [0.717, 1.165) is 16.3 Å². The van der Waals surface area contributed by atoms with E-state index in [1.807, 2.05) is 42.5 Å². The zero-order valence-corrected chi connectivity index (χ0v) is 11.4. The molecule has 0 heterocycles. The van der Waals surface area contributed by atoms with Crippen LogP contribution < -0.4 is 4.74 Å². The van der Waals surface area contributed by atoms with Crippen molar-refractivity contribution < 1.29 is 14.2 Å². The first-order valence-electron chi connectivity index (χ1n) is 6.77. The standard InChI is InChI=1S/C18H15FO2/c19-16-7-9-17(10-8-16)21-12-18(20)15-6-5-13-3-1-2-4-14(13)11-15/h1-11,18,20H,12H2. The molecule has 0 radical (unpaired) electrons. The lowest BCUT2D eigenvalue weighted by Gasteiger charge is -2.13. The molecule has 0 amide bonds. The molecule has 0 saturated carbocycles. The van der Waals surface area contributed by atoms with Crippen molar-refractivity contribution in [1.29, 1.82) is 0 Å². The first-order valence-corrected chi connectivity index (χ1v) is 6.77. The van der Waals surface area contributed by atoms with Crippen LogP contribution in [0.25, 0.3) is 10.8 Å². The number of fused-ring (bicyclic) bond motifs is 1. The molecule has 0 fully saturated rings. The minimum absolute atomic E-state index is 0.129. The van der Waals surface area contributed by atoms with Gasteiger partial charge in [-0.2, -0.15) is 0 Å². The van der Waals surface area contributed by atoms with Crippen LogP contribution >= 0.6 is 0 Å². The topological polar surface area (TPSA) is 29.5 Å². The summed E-state index contributed by atoms with van der Waals surface area (Å²) in [5.74, 6) is 0.230. The molecule has 0 aromatic heterocycles. The summed E-state index contributed by atoms with van der Waals surface area (Å²) >= 11 is 0. The number of halogens is 1. The summed E-state index contributed by atoms with van der Waals surface area (Å²) in [7, 11) is 0. The van der Waals surface area contributed by atoms with E-state index in [0.29, 0.717) is 5.75 Å². The van der Waals surface area contributed by atoms with Gasteiger partial charge in [-0.1, -0.05) is 36.4 Å². The Morgan fingerprint density at radius 2 is 1.62 bits per heavy atom. The summed E-state index contributed by atoms with van der Waals surface area (Å²) in [4.78, 5) is 0. The number of hydrogen-bond donors (Lipinski definition) is 1. The van der Waals surface area contributed by atoms with E-state index in [1.165, 1.54) is 12.1 Å². The lowest BCUT2D eigenvalue weighted by atomic mass is 10.0. The lowest BCUT2D eigenvalue weighted by Crippen LogP contribution is -2.09. The third-order valence-electron chi connectivity index (χ3n) is 3.38. The molecular formula is C18H15FO2. The van der Waals surface area contributed by atoms with Crippen LogP contribution in [0.1, 0.15) is 11.7 Å². The van der Waals surface area contributed by atoms with Gasteiger partial charge in [0.2, 0.25) is 0 Å². The van der Waals surface area contributed by atoms with Crippen LogP contribution in [0.4, 0.5) is 4.39 Å². The van der Waals surface area contributed by atoms with Gasteiger partial charge in [-0.25, -0.2) is 4.39 Å². The highest BCUT2D eigenvalue weighted by Crippen LogP contribution is 2.21. The Hall–Kier alpha value is -2.39. The predicted octanol–water partition coefficient (Wildman–Crippen LogP) is 4.09. The van der Waals surface area contributed by atoms with Crippen molar-refractivity contribution in [3.63, 3.8) is 0 Å². The Bertz CT molecular complexity index is 738. The van der Waals surface area contributed by atoms with Crippen molar-refractivity contribution in [2.45, 2.75) is 6.10 Å². The van der Waals surface area contributed by atoms with Crippen molar-refractivity contribution in [2.75, 3.05) is 6.61 Å². The Morgan fingerprint density at radius 3 is 2.38 bits per heavy atom. The lowest BCUT2D eigenvalue weighted by molar-refractivity contribution is 0.108. The summed E-state index contributed by atoms with van der Waals surface area (Å²) in [6.07, 6.45) is -0.723. The van der Waals surface area contributed by atoms with E-state index < -0.39 is 6.10 Å². The largest absolute Gasteiger partial charge is 0.491 e. The molecule has 2 nitrogen and oxygen atoms in total. The van der Waals surface area contributed by atoms with E-state index in [-0.39, 0.29) is 12.4 Å². The summed E-state index contributed by atoms with van der Waals surface area (Å²) < 4.78 is 18.3. The van der Waals surface area contributed by atoms with Gasteiger partial charge in [0, 0.05) is 0 Å². The van der Waals surface area contributed by atoms with Gasteiger partial charge in [0.15, 0.2) is 0 Å². The number of benzene rings is 3. The molecule has 0 aliphatic rings. The number of aliphatic hydroxyl groups excluding tert-OH is 1. The van der Waals surface area contributed by atoms with Gasteiger partial charge >= 0.3 is 0 Å². The molecule has 1 atom stereocenters. The van der Waals surface area contributed by atoms with E-state index in [9.17, 15) is 9.50 Å². The normalized spacial score (nSPS) is 12.3. The molecule has 0 spiro atoms. The number of ether oxygens (including phenoxy) is 1. The summed E-state index contributed by atoms with van der Waals surface area (Å²) in [6.45, 7) is 0.129. The van der Waals surface area contributed by atoms with Crippen molar-refractivity contribution >= 4 is 10.8 Å². The average Bonchev–Trinajstić information content (AvgIpc) is 2.53. The monoisotopic (exact) mass is 282 g/mol. The second-order valence-electron chi connectivity index (χ2n) is 4.89. The van der Waals surface area contributed by atoms with Gasteiger partial charge < -0.3 is 9.84 Å². The highest BCUT2D eigenvalue weighted by atomic mass is 19.1. The third-order valence-corrected chi connectivity index (χ3v) is 3.38. The molecule has 0 saturated heterocycles. The Labute approximate surface area is 122 Å². The van der Waals surface area contributed by atoms with Crippen LogP contribution in [-0.4, -0.2) is 11.7 Å². The summed E-state index contributed by atoms with van der Waals surface area (Å²) in [6, 6.07) is 19.6. The molecule has 3 heteroatoms. The second-order valence-corrected chi connectivity index (χ2v) is 4.89. The highest BCUT2D eigenvalue weighted by molar-refractivity contribution is 5.83. The highest BCUT2D eigenvalue weighted by Gasteiger charge is 2.09. The minimum Gasteiger partial charge on any atom is -0.491 e. The van der Waals surface area contributed by atoms with Crippen molar-refractivity contribution in [3.8, 4) is 5.75 Å². The molecular weight excluding hydrogens is 267 g/mol. The quantitative estimate of drug-likeness (QED) is 0.781. The van der Waals surface area contributed by atoms with Gasteiger partial charge in [-0.15, -0.1) is 0 Å². The molecule has 1 N–H and O–H groups in total.